The highest BCUT2D eigenvalue weighted by atomic mass is 79.9. The van der Waals surface area contributed by atoms with Crippen LogP contribution in [0.25, 0.3) is 0 Å². The Morgan fingerprint density at radius 1 is 1.61 bits per heavy atom. The van der Waals surface area contributed by atoms with E-state index in [0.29, 0.717) is 5.92 Å². The number of allylic oxidation sites excluding steroid dienone is 1. The van der Waals surface area contributed by atoms with Crippen molar-refractivity contribution in [1.29, 1.82) is 0 Å². The van der Waals surface area contributed by atoms with Crippen LogP contribution in [0.3, 0.4) is 0 Å². The summed E-state index contributed by atoms with van der Waals surface area (Å²) in [6.45, 7) is 4.22. The van der Waals surface area contributed by atoms with Crippen molar-refractivity contribution in [3.63, 3.8) is 0 Å². The van der Waals surface area contributed by atoms with Crippen LogP contribution in [0.4, 0.5) is 0 Å². The summed E-state index contributed by atoms with van der Waals surface area (Å²) >= 11 is 7.32. The fourth-order valence-electron chi connectivity index (χ4n) is 2.61. The maximum atomic E-state index is 5.64. The predicted octanol–water partition coefficient (Wildman–Crippen LogP) is 4.23. The van der Waals surface area contributed by atoms with E-state index in [9.17, 15) is 0 Å². The van der Waals surface area contributed by atoms with Crippen LogP contribution in [-0.2, 0) is 9.47 Å². The quantitative estimate of drug-likeness (QED) is 0.390. The molecule has 1 aliphatic carbocycles. The number of ether oxygens (including phenoxy) is 2. The molecule has 1 rings (SSSR count). The Balaban J connectivity index is 2.81. The van der Waals surface area contributed by atoms with Gasteiger partial charge in [-0.25, -0.2) is 0 Å². The SMILES string of the molecule is C#CCO[C@H](OC)[C@@]1(Br)CCCC[C@@H]1CC(=C)Br. The van der Waals surface area contributed by atoms with Crippen molar-refractivity contribution in [2.45, 2.75) is 42.7 Å². The standard InChI is InChI=1S/C14H20Br2O2/c1-4-9-18-13(17-3)14(16)8-6-5-7-12(14)10-11(2)15/h1,12-13H,2,5-10H2,3H3/t12-,13+,14-/m1/s1. The molecule has 1 fully saturated rings. The first-order valence-corrected chi connectivity index (χ1v) is 7.73. The third kappa shape index (κ3) is 4.09. The Morgan fingerprint density at radius 2 is 2.33 bits per heavy atom. The molecule has 0 radical (unpaired) electrons. The second-order valence-electron chi connectivity index (χ2n) is 4.67. The van der Waals surface area contributed by atoms with Gasteiger partial charge in [0.05, 0.1) is 4.32 Å². The summed E-state index contributed by atoms with van der Waals surface area (Å²) in [4.78, 5) is 0. The molecule has 0 aromatic rings. The molecule has 0 saturated heterocycles. The predicted molar refractivity (Wildman–Crippen MR) is 81.9 cm³/mol. The van der Waals surface area contributed by atoms with Gasteiger partial charge in [-0.2, -0.15) is 0 Å². The van der Waals surface area contributed by atoms with Crippen molar-refractivity contribution in [3.8, 4) is 12.3 Å². The largest absolute Gasteiger partial charge is 0.354 e. The molecule has 0 bridgehead atoms. The van der Waals surface area contributed by atoms with E-state index >= 15 is 0 Å². The van der Waals surface area contributed by atoms with E-state index in [1.807, 2.05) is 0 Å². The van der Waals surface area contributed by atoms with Gasteiger partial charge in [0, 0.05) is 7.11 Å². The summed E-state index contributed by atoms with van der Waals surface area (Å²) in [6.07, 6.45) is 10.5. The minimum Gasteiger partial charge on any atom is -0.354 e. The normalized spacial score (nSPS) is 29.6. The van der Waals surface area contributed by atoms with Gasteiger partial charge in [-0.1, -0.05) is 57.2 Å². The maximum absolute atomic E-state index is 5.64. The van der Waals surface area contributed by atoms with E-state index in [0.717, 1.165) is 23.7 Å². The van der Waals surface area contributed by atoms with E-state index in [-0.39, 0.29) is 17.2 Å². The van der Waals surface area contributed by atoms with Crippen LogP contribution in [0.5, 0.6) is 0 Å². The van der Waals surface area contributed by atoms with Crippen LogP contribution in [0.2, 0.25) is 0 Å². The minimum atomic E-state index is -0.314. The van der Waals surface area contributed by atoms with Crippen LogP contribution in [0.1, 0.15) is 32.1 Å². The average Bonchev–Trinajstić information content (AvgIpc) is 2.33. The zero-order valence-electron chi connectivity index (χ0n) is 10.8. The van der Waals surface area contributed by atoms with Crippen molar-refractivity contribution in [2.75, 3.05) is 13.7 Å². The molecule has 0 spiro atoms. The molecule has 1 aliphatic rings. The highest BCUT2D eigenvalue weighted by molar-refractivity contribution is 9.11. The lowest BCUT2D eigenvalue weighted by Gasteiger charge is -2.43. The maximum Gasteiger partial charge on any atom is 0.173 e. The summed E-state index contributed by atoms with van der Waals surface area (Å²) in [6, 6.07) is 0. The first-order chi connectivity index (χ1) is 8.54. The van der Waals surface area contributed by atoms with Gasteiger partial charge in [-0.3, -0.25) is 0 Å². The lowest BCUT2D eigenvalue weighted by molar-refractivity contribution is -0.149. The molecule has 1 saturated carbocycles. The number of hydrogen-bond acceptors (Lipinski definition) is 2. The Labute approximate surface area is 127 Å². The van der Waals surface area contributed by atoms with Crippen LogP contribution in [-0.4, -0.2) is 24.3 Å². The van der Waals surface area contributed by atoms with Crippen molar-refractivity contribution in [1.82, 2.24) is 0 Å². The number of halogens is 2. The molecule has 0 aliphatic heterocycles. The van der Waals surface area contributed by atoms with Gasteiger partial charge in [0.25, 0.3) is 0 Å². The van der Waals surface area contributed by atoms with Gasteiger partial charge in [0.15, 0.2) is 6.29 Å². The average molecular weight is 380 g/mol. The second kappa shape index (κ2) is 7.69. The van der Waals surface area contributed by atoms with E-state index in [2.05, 4.69) is 44.4 Å². The fourth-order valence-corrected chi connectivity index (χ4v) is 3.99. The summed E-state index contributed by atoms with van der Waals surface area (Å²) in [7, 11) is 1.67. The van der Waals surface area contributed by atoms with Crippen LogP contribution < -0.4 is 0 Å². The number of hydrogen-bond donors (Lipinski definition) is 0. The molecule has 2 nitrogen and oxygen atoms in total. The molecule has 0 heterocycles. The van der Waals surface area contributed by atoms with Gasteiger partial charge in [-0.15, -0.1) is 6.42 Å². The Morgan fingerprint density at radius 3 is 2.89 bits per heavy atom. The fraction of sp³-hybridized carbons (Fsp3) is 0.714. The van der Waals surface area contributed by atoms with Gasteiger partial charge in [0.2, 0.25) is 0 Å². The highest BCUT2D eigenvalue weighted by Crippen LogP contribution is 2.47. The van der Waals surface area contributed by atoms with Crippen molar-refractivity contribution in [2.24, 2.45) is 5.92 Å². The first-order valence-electron chi connectivity index (χ1n) is 6.14. The second-order valence-corrected chi connectivity index (χ2v) is 7.27. The van der Waals surface area contributed by atoms with Gasteiger partial charge < -0.3 is 9.47 Å². The molecule has 102 valence electrons. The number of methoxy groups -OCH3 is 1. The molecular formula is C14H20Br2O2. The molecule has 0 N–H and O–H groups in total. The molecule has 0 unspecified atom stereocenters. The van der Waals surface area contributed by atoms with Crippen molar-refractivity contribution in [3.05, 3.63) is 11.1 Å². The van der Waals surface area contributed by atoms with E-state index in [4.69, 9.17) is 15.9 Å². The molecule has 0 aromatic heterocycles. The topological polar surface area (TPSA) is 18.5 Å². The molecule has 4 heteroatoms. The van der Waals surface area contributed by atoms with Gasteiger partial charge in [0.1, 0.15) is 6.61 Å². The highest BCUT2D eigenvalue weighted by Gasteiger charge is 2.45. The molecule has 0 amide bonds. The van der Waals surface area contributed by atoms with E-state index in [1.165, 1.54) is 12.8 Å². The van der Waals surface area contributed by atoms with Crippen LogP contribution in [0.15, 0.2) is 11.1 Å². The monoisotopic (exact) mass is 378 g/mol. The number of rotatable bonds is 6. The summed E-state index contributed by atoms with van der Waals surface area (Å²) < 4.78 is 12.0. The zero-order valence-corrected chi connectivity index (χ0v) is 13.9. The molecule has 0 aromatic carbocycles. The van der Waals surface area contributed by atoms with Gasteiger partial charge in [-0.05, 0) is 29.7 Å². The lowest BCUT2D eigenvalue weighted by Crippen LogP contribution is -2.48. The van der Waals surface area contributed by atoms with Crippen molar-refractivity contribution >= 4 is 31.9 Å². The van der Waals surface area contributed by atoms with Crippen LogP contribution in [0, 0.1) is 18.3 Å². The van der Waals surface area contributed by atoms with Crippen LogP contribution >= 0.6 is 31.9 Å². The molecule has 18 heavy (non-hydrogen) atoms. The third-order valence-corrected chi connectivity index (χ3v) is 5.17. The Hall–Kier alpha value is 0.180. The first kappa shape index (κ1) is 16.2. The Kier molecular flexibility index (Phi) is 6.94. The minimum absolute atomic E-state index is 0.173. The summed E-state index contributed by atoms with van der Waals surface area (Å²) in [5.74, 6) is 2.94. The van der Waals surface area contributed by atoms with E-state index in [1.54, 1.807) is 7.11 Å². The summed E-state index contributed by atoms with van der Waals surface area (Å²) in [5, 5.41) is 0. The Bertz CT molecular complexity index is 324. The zero-order chi connectivity index (χ0) is 13.6. The van der Waals surface area contributed by atoms with Crippen molar-refractivity contribution < 1.29 is 9.47 Å². The molecule has 3 atom stereocenters. The smallest absolute Gasteiger partial charge is 0.173 e. The van der Waals surface area contributed by atoms with Gasteiger partial charge >= 0.3 is 0 Å². The number of terminal acetylenes is 1. The van der Waals surface area contributed by atoms with E-state index < -0.39 is 0 Å². The third-order valence-electron chi connectivity index (χ3n) is 3.43. The number of alkyl halides is 1. The molecular weight excluding hydrogens is 360 g/mol. The summed E-state index contributed by atoms with van der Waals surface area (Å²) in [5.41, 5.74) is 0. The lowest BCUT2D eigenvalue weighted by atomic mass is 9.76.